The quantitative estimate of drug-likeness (QED) is 0.351. The Morgan fingerprint density at radius 1 is 1.13 bits per heavy atom. The Hall–Kier alpha value is -3.69. The number of nitrogens with zero attached hydrogens (tertiary/aromatic N) is 2. The number of rotatable bonds is 5. The summed E-state index contributed by atoms with van der Waals surface area (Å²) in [7, 11) is 0. The van der Waals surface area contributed by atoms with Gasteiger partial charge in [0.2, 0.25) is 0 Å². The Morgan fingerprint density at radius 3 is 2.74 bits per heavy atom. The summed E-state index contributed by atoms with van der Waals surface area (Å²) in [5.41, 5.74) is 2.21. The highest BCUT2D eigenvalue weighted by atomic mass is 32.1. The number of benzene rings is 3. The van der Waals surface area contributed by atoms with Crippen LogP contribution in [0.3, 0.4) is 0 Å². The van der Waals surface area contributed by atoms with Gasteiger partial charge in [-0.1, -0.05) is 59.7 Å². The molecule has 0 saturated heterocycles. The van der Waals surface area contributed by atoms with Crippen molar-refractivity contribution in [2.75, 3.05) is 6.61 Å². The maximum absolute atomic E-state index is 12.8. The molecule has 0 spiro atoms. The lowest BCUT2D eigenvalue weighted by Crippen LogP contribution is -2.17. The summed E-state index contributed by atoms with van der Waals surface area (Å²) in [4.78, 5) is 29.8. The summed E-state index contributed by atoms with van der Waals surface area (Å²) in [5, 5.41) is 2.13. The number of ether oxygens (including phenoxy) is 1. The molecule has 4 aromatic rings. The largest absolute Gasteiger partial charge is 0.462 e. The summed E-state index contributed by atoms with van der Waals surface area (Å²) < 4.78 is 7.71. The van der Waals surface area contributed by atoms with Crippen molar-refractivity contribution in [3.05, 3.63) is 76.6 Å². The second-order valence-electron chi connectivity index (χ2n) is 6.90. The van der Waals surface area contributed by atoms with E-state index in [1.807, 2.05) is 53.1 Å². The van der Waals surface area contributed by atoms with Crippen molar-refractivity contribution < 1.29 is 14.3 Å². The summed E-state index contributed by atoms with van der Waals surface area (Å²) in [6.07, 6.45) is 5.74. The van der Waals surface area contributed by atoms with E-state index in [1.165, 1.54) is 11.3 Å². The van der Waals surface area contributed by atoms with Crippen LogP contribution >= 0.6 is 11.3 Å². The van der Waals surface area contributed by atoms with Crippen LogP contribution in [0, 0.1) is 12.3 Å². The third-order valence-electron chi connectivity index (χ3n) is 4.89. The third-order valence-corrected chi connectivity index (χ3v) is 5.93. The van der Waals surface area contributed by atoms with Crippen LogP contribution in [-0.4, -0.2) is 23.1 Å². The molecular formula is C25H20N2O3S. The Morgan fingerprint density at radius 2 is 1.94 bits per heavy atom. The molecule has 0 aliphatic rings. The lowest BCUT2D eigenvalue weighted by molar-refractivity contribution is -0.117. The van der Waals surface area contributed by atoms with E-state index in [0.29, 0.717) is 17.0 Å². The van der Waals surface area contributed by atoms with E-state index < -0.39 is 0 Å². The van der Waals surface area contributed by atoms with Crippen molar-refractivity contribution >= 4 is 44.2 Å². The first-order valence-electron chi connectivity index (χ1n) is 9.89. The number of hydrogen-bond donors (Lipinski definition) is 0. The average molecular weight is 429 g/mol. The maximum Gasteiger partial charge on any atom is 0.338 e. The van der Waals surface area contributed by atoms with E-state index in [4.69, 9.17) is 11.2 Å². The molecule has 4 rings (SSSR count). The molecular weight excluding hydrogens is 408 g/mol. The highest BCUT2D eigenvalue weighted by Crippen LogP contribution is 2.21. The molecule has 1 amide bonds. The Bertz CT molecular complexity index is 1400. The number of esters is 1. The van der Waals surface area contributed by atoms with Gasteiger partial charge in [0.15, 0.2) is 4.80 Å². The van der Waals surface area contributed by atoms with E-state index in [-0.39, 0.29) is 24.8 Å². The van der Waals surface area contributed by atoms with Gasteiger partial charge < -0.3 is 9.30 Å². The minimum absolute atomic E-state index is 0.194. The van der Waals surface area contributed by atoms with Gasteiger partial charge in [0.05, 0.1) is 35.4 Å². The first kappa shape index (κ1) is 20.6. The predicted molar refractivity (Wildman–Crippen MR) is 123 cm³/mol. The molecule has 0 unspecified atom stereocenters. The minimum Gasteiger partial charge on any atom is -0.462 e. The fourth-order valence-corrected chi connectivity index (χ4v) is 4.59. The lowest BCUT2D eigenvalue weighted by atomic mass is 10.0. The van der Waals surface area contributed by atoms with Crippen LogP contribution in [0.1, 0.15) is 22.8 Å². The first-order valence-corrected chi connectivity index (χ1v) is 10.7. The topological polar surface area (TPSA) is 60.7 Å². The number of thiazole rings is 1. The summed E-state index contributed by atoms with van der Waals surface area (Å²) in [6, 6.07) is 19.1. The number of hydrogen-bond acceptors (Lipinski definition) is 4. The minimum atomic E-state index is -0.383. The fourth-order valence-electron chi connectivity index (χ4n) is 3.50. The molecule has 1 heterocycles. The van der Waals surface area contributed by atoms with Crippen LogP contribution in [0.4, 0.5) is 0 Å². The van der Waals surface area contributed by atoms with E-state index in [0.717, 1.165) is 26.6 Å². The number of carbonyl (C=O) groups excluding carboxylic acids is 2. The highest BCUT2D eigenvalue weighted by molar-refractivity contribution is 7.16. The molecule has 0 atom stereocenters. The van der Waals surface area contributed by atoms with E-state index >= 15 is 0 Å². The van der Waals surface area contributed by atoms with Gasteiger partial charge in [0.25, 0.3) is 5.91 Å². The van der Waals surface area contributed by atoms with Crippen molar-refractivity contribution in [2.24, 2.45) is 4.99 Å². The molecule has 31 heavy (non-hydrogen) atoms. The number of amides is 1. The zero-order valence-electron chi connectivity index (χ0n) is 17.0. The van der Waals surface area contributed by atoms with Gasteiger partial charge in [-0.25, -0.2) is 4.79 Å². The van der Waals surface area contributed by atoms with Gasteiger partial charge in [-0.3, -0.25) is 4.79 Å². The second-order valence-corrected chi connectivity index (χ2v) is 7.91. The van der Waals surface area contributed by atoms with Crippen LogP contribution in [-0.2, 0) is 22.5 Å². The maximum atomic E-state index is 12.8. The van der Waals surface area contributed by atoms with Crippen LogP contribution in [0.15, 0.2) is 65.7 Å². The number of fused-ring (bicyclic) bond motifs is 2. The van der Waals surface area contributed by atoms with Crippen LogP contribution in [0.25, 0.3) is 21.0 Å². The third kappa shape index (κ3) is 4.27. The summed E-state index contributed by atoms with van der Waals surface area (Å²) in [5.74, 6) is 1.98. The molecule has 6 heteroatoms. The Labute approximate surface area is 183 Å². The molecule has 154 valence electrons. The van der Waals surface area contributed by atoms with Crippen molar-refractivity contribution in [3.8, 4) is 12.3 Å². The van der Waals surface area contributed by atoms with Crippen LogP contribution in [0.5, 0.6) is 0 Å². The van der Waals surface area contributed by atoms with Crippen molar-refractivity contribution in [3.63, 3.8) is 0 Å². The zero-order chi connectivity index (χ0) is 21.8. The molecule has 0 saturated carbocycles. The molecule has 5 nitrogen and oxygen atoms in total. The summed E-state index contributed by atoms with van der Waals surface area (Å²) >= 11 is 1.33. The van der Waals surface area contributed by atoms with Gasteiger partial charge in [-0.2, -0.15) is 4.99 Å². The second kappa shape index (κ2) is 8.99. The molecule has 1 aromatic heterocycles. The van der Waals surface area contributed by atoms with Gasteiger partial charge in [0.1, 0.15) is 0 Å². The zero-order valence-corrected chi connectivity index (χ0v) is 17.8. The van der Waals surface area contributed by atoms with Crippen LogP contribution < -0.4 is 4.80 Å². The molecule has 0 radical (unpaired) electrons. The van der Waals surface area contributed by atoms with Gasteiger partial charge in [-0.05, 0) is 41.5 Å². The fraction of sp³-hybridized carbons (Fsp3) is 0.160. The molecule has 0 aliphatic carbocycles. The molecule has 0 fully saturated rings. The average Bonchev–Trinajstić information content (AvgIpc) is 3.10. The SMILES string of the molecule is C#CCn1c(=NC(=O)Cc2cccc3ccccc23)sc2cc(C(=O)OCC)ccc21. The summed E-state index contributed by atoms with van der Waals surface area (Å²) in [6.45, 7) is 2.35. The van der Waals surface area contributed by atoms with Gasteiger partial charge in [0, 0.05) is 0 Å². The highest BCUT2D eigenvalue weighted by Gasteiger charge is 2.13. The van der Waals surface area contributed by atoms with Crippen molar-refractivity contribution in [1.82, 2.24) is 4.57 Å². The van der Waals surface area contributed by atoms with Crippen molar-refractivity contribution in [1.29, 1.82) is 0 Å². The smallest absolute Gasteiger partial charge is 0.338 e. The Kier molecular flexibility index (Phi) is 5.96. The lowest BCUT2D eigenvalue weighted by Gasteiger charge is -2.04. The van der Waals surface area contributed by atoms with E-state index in [2.05, 4.69) is 10.9 Å². The molecule has 0 N–H and O–H groups in total. The van der Waals surface area contributed by atoms with Crippen LogP contribution in [0.2, 0.25) is 0 Å². The van der Waals surface area contributed by atoms with Crippen molar-refractivity contribution in [2.45, 2.75) is 19.9 Å². The van der Waals surface area contributed by atoms with E-state index in [9.17, 15) is 9.59 Å². The number of aromatic nitrogens is 1. The molecule has 0 aliphatic heterocycles. The number of terminal acetylenes is 1. The normalized spacial score (nSPS) is 11.5. The molecule has 3 aromatic carbocycles. The van der Waals surface area contributed by atoms with Gasteiger partial charge >= 0.3 is 5.97 Å². The standard InChI is InChI=1S/C25H20N2O3S/c1-3-14-27-21-13-12-19(24(29)30-4-2)15-22(21)31-25(27)26-23(28)16-18-10-7-9-17-8-5-6-11-20(17)18/h1,5-13,15H,4,14,16H2,2H3. The Balaban J connectivity index is 1.73. The predicted octanol–water partition coefficient (Wildman–Crippen LogP) is 4.34. The van der Waals surface area contributed by atoms with Gasteiger partial charge in [-0.15, -0.1) is 6.42 Å². The molecule has 0 bridgehead atoms. The monoisotopic (exact) mass is 428 g/mol. The van der Waals surface area contributed by atoms with E-state index in [1.54, 1.807) is 19.1 Å². The number of carbonyl (C=O) groups is 2. The first-order chi connectivity index (χ1) is 15.1.